The Bertz CT molecular complexity index is 1220. The third-order valence-corrected chi connectivity index (χ3v) is 5.67. The van der Waals surface area contributed by atoms with Crippen LogP contribution in [0.1, 0.15) is 5.56 Å². The SMILES string of the molecule is COc1ccc(-c2c(OC)nc(N3CCN(C)CC3)nc2-c2ccc(C#N)c(F)c2)cc1O. The van der Waals surface area contributed by atoms with Gasteiger partial charge in [0, 0.05) is 31.7 Å². The highest BCUT2D eigenvalue weighted by Gasteiger charge is 2.24. The Kier molecular flexibility index (Phi) is 6.29. The molecule has 1 fully saturated rings. The summed E-state index contributed by atoms with van der Waals surface area (Å²) in [5.41, 5.74) is 1.92. The number of aromatic nitrogens is 2. The van der Waals surface area contributed by atoms with Gasteiger partial charge in [-0.2, -0.15) is 10.2 Å². The molecular weight excluding hydrogens is 425 g/mol. The number of nitrogens with zero attached hydrogens (tertiary/aromatic N) is 5. The van der Waals surface area contributed by atoms with Crippen LogP contribution in [0.5, 0.6) is 17.4 Å². The van der Waals surface area contributed by atoms with Crippen molar-refractivity contribution in [2.75, 3.05) is 52.3 Å². The van der Waals surface area contributed by atoms with E-state index in [2.05, 4.69) is 21.8 Å². The van der Waals surface area contributed by atoms with E-state index in [0.717, 1.165) is 26.2 Å². The number of hydrogen-bond donors (Lipinski definition) is 1. The first-order chi connectivity index (χ1) is 15.9. The summed E-state index contributed by atoms with van der Waals surface area (Å²) in [6, 6.07) is 11.1. The normalized spacial score (nSPS) is 14.1. The van der Waals surface area contributed by atoms with Crippen LogP contribution in [0.4, 0.5) is 10.3 Å². The quantitative estimate of drug-likeness (QED) is 0.634. The molecular formula is C24H24FN5O3. The summed E-state index contributed by atoms with van der Waals surface area (Å²) >= 11 is 0. The second-order valence-corrected chi connectivity index (χ2v) is 7.74. The van der Waals surface area contributed by atoms with E-state index in [-0.39, 0.29) is 11.3 Å². The van der Waals surface area contributed by atoms with Crippen LogP contribution in [0.3, 0.4) is 0 Å². The molecule has 0 spiro atoms. The first-order valence-corrected chi connectivity index (χ1v) is 10.4. The number of methoxy groups -OCH3 is 2. The minimum atomic E-state index is -0.641. The summed E-state index contributed by atoms with van der Waals surface area (Å²) in [5, 5.41) is 19.5. The van der Waals surface area contributed by atoms with Gasteiger partial charge in [-0.05, 0) is 36.9 Å². The van der Waals surface area contributed by atoms with Crippen molar-refractivity contribution in [1.29, 1.82) is 5.26 Å². The molecule has 1 aliphatic rings. The molecule has 0 saturated carbocycles. The van der Waals surface area contributed by atoms with Gasteiger partial charge in [0.05, 0.1) is 31.0 Å². The minimum absolute atomic E-state index is 0.0531. The number of hydrogen-bond acceptors (Lipinski definition) is 8. The van der Waals surface area contributed by atoms with Crippen LogP contribution >= 0.6 is 0 Å². The Morgan fingerprint density at radius 1 is 1.00 bits per heavy atom. The lowest BCUT2D eigenvalue weighted by molar-refractivity contribution is 0.310. The fraction of sp³-hybridized carbons (Fsp3) is 0.292. The van der Waals surface area contributed by atoms with E-state index >= 15 is 0 Å². The number of halogens is 1. The lowest BCUT2D eigenvalue weighted by atomic mass is 9.98. The second kappa shape index (κ2) is 9.30. The molecule has 33 heavy (non-hydrogen) atoms. The third kappa shape index (κ3) is 4.38. The molecule has 0 atom stereocenters. The summed E-state index contributed by atoms with van der Waals surface area (Å²) < 4.78 is 25.3. The average molecular weight is 449 g/mol. The molecule has 4 rings (SSSR count). The van der Waals surface area contributed by atoms with Crippen LogP contribution in [-0.2, 0) is 0 Å². The number of ether oxygens (including phenoxy) is 2. The van der Waals surface area contributed by atoms with Crippen molar-refractivity contribution in [2.45, 2.75) is 0 Å². The molecule has 2 aromatic carbocycles. The van der Waals surface area contributed by atoms with E-state index < -0.39 is 5.82 Å². The summed E-state index contributed by atoms with van der Waals surface area (Å²) in [4.78, 5) is 13.7. The van der Waals surface area contributed by atoms with Crippen molar-refractivity contribution >= 4 is 5.95 Å². The predicted octanol–water partition coefficient (Wildman–Crippen LogP) is 3.30. The van der Waals surface area contributed by atoms with Crippen molar-refractivity contribution in [2.24, 2.45) is 0 Å². The molecule has 1 saturated heterocycles. The Morgan fingerprint density at radius 2 is 1.73 bits per heavy atom. The van der Waals surface area contributed by atoms with Crippen LogP contribution in [0.25, 0.3) is 22.4 Å². The van der Waals surface area contributed by atoms with Crippen LogP contribution < -0.4 is 14.4 Å². The van der Waals surface area contributed by atoms with Crippen LogP contribution in [0.15, 0.2) is 36.4 Å². The molecule has 1 aromatic heterocycles. The molecule has 0 unspecified atom stereocenters. The van der Waals surface area contributed by atoms with E-state index in [4.69, 9.17) is 19.7 Å². The third-order valence-electron chi connectivity index (χ3n) is 5.67. The monoisotopic (exact) mass is 449 g/mol. The van der Waals surface area contributed by atoms with Crippen LogP contribution in [-0.4, -0.2) is 67.4 Å². The maximum absolute atomic E-state index is 14.5. The van der Waals surface area contributed by atoms with Gasteiger partial charge in [-0.15, -0.1) is 0 Å². The summed E-state index contributed by atoms with van der Waals surface area (Å²) in [5.74, 6) is 0.387. The number of benzene rings is 2. The highest BCUT2D eigenvalue weighted by molar-refractivity contribution is 5.86. The summed E-state index contributed by atoms with van der Waals surface area (Å²) in [6.45, 7) is 3.20. The number of phenolic OH excluding ortho intramolecular Hbond substituents is 1. The topological polar surface area (TPSA) is 94.7 Å². The molecule has 1 aliphatic heterocycles. The molecule has 0 amide bonds. The van der Waals surface area contributed by atoms with Crippen molar-refractivity contribution in [3.05, 3.63) is 47.8 Å². The van der Waals surface area contributed by atoms with Gasteiger partial charge in [-0.3, -0.25) is 0 Å². The van der Waals surface area contributed by atoms with E-state index in [1.54, 1.807) is 18.2 Å². The van der Waals surface area contributed by atoms with E-state index in [0.29, 0.717) is 40.0 Å². The molecule has 8 nitrogen and oxygen atoms in total. The highest BCUT2D eigenvalue weighted by atomic mass is 19.1. The van der Waals surface area contributed by atoms with E-state index in [9.17, 15) is 9.50 Å². The first kappa shape index (κ1) is 22.3. The van der Waals surface area contributed by atoms with Gasteiger partial charge in [0.25, 0.3) is 0 Å². The molecule has 0 bridgehead atoms. The molecule has 0 radical (unpaired) electrons. The Morgan fingerprint density at radius 3 is 2.33 bits per heavy atom. The molecule has 0 aliphatic carbocycles. The molecule has 3 aromatic rings. The lowest BCUT2D eigenvalue weighted by Gasteiger charge is -2.33. The Hall–Kier alpha value is -3.90. The van der Waals surface area contributed by atoms with Gasteiger partial charge in [0.15, 0.2) is 11.5 Å². The van der Waals surface area contributed by atoms with E-state index in [1.807, 2.05) is 6.07 Å². The number of aromatic hydroxyl groups is 1. The molecule has 2 heterocycles. The Labute approximate surface area is 191 Å². The van der Waals surface area contributed by atoms with Crippen LogP contribution in [0, 0.1) is 17.1 Å². The number of piperazine rings is 1. The number of nitriles is 1. The fourth-order valence-corrected chi connectivity index (χ4v) is 3.79. The minimum Gasteiger partial charge on any atom is -0.504 e. The van der Waals surface area contributed by atoms with Crippen molar-refractivity contribution in [1.82, 2.24) is 14.9 Å². The van der Waals surface area contributed by atoms with Gasteiger partial charge in [0.2, 0.25) is 11.8 Å². The zero-order chi connectivity index (χ0) is 23.5. The number of phenols is 1. The highest BCUT2D eigenvalue weighted by Crippen LogP contribution is 2.41. The van der Waals surface area contributed by atoms with Gasteiger partial charge >= 0.3 is 0 Å². The Balaban J connectivity index is 1.93. The molecule has 9 heteroatoms. The average Bonchev–Trinajstić information content (AvgIpc) is 2.83. The van der Waals surface area contributed by atoms with Crippen molar-refractivity contribution in [3.8, 4) is 45.8 Å². The number of anilines is 1. The number of rotatable bonds is 5. The summed E-state index contributed by atoms with van der Waals surface area (Å²) in [6.07, 6.45) is 0. The number of likely N-dealkylation sites (N-methyl/N-ethyl adjacent to an activating group) is 1. The standard InChI is InChI=1S/C24H24FN5O3/c1-29-8-10-30(11-9-29)24-27-22(16-4-5-17(14-26)18(25)12-16)21(23(28-24)33-3)15-6-7-20(32-2)19(31)13-15/h4-7,12-13,31H,8-11H2,1-3H3. The van der Waals surface area contributed by atoms with E-state index in [1.165, 1.54) is 32.4 Å². The molecule has 1 N–H and O–H groups in total. The smallest absolute Gasteiger partial charge is 0.229 e. The van der Waals surface area contributed by atoms with Gasteiger partial charge in [-0.25, -0.2) is 9.37 Å². The zero-order valence-corrected chi connectivity index (χ0v) is 18.7. The molecule has 170 valence electrons. The predicted molar refractivity (Wildman–Crippen MR) is 122 cm³/mol. The van der Waals surface area contributed by atoms with Crippen molar-refractivity contribution < 1.29 is 19.0 Å². The maximum atomic E-state index is 14.5. The lowest BCUT2D eigenvalue weighted by Crippen LogP contribution is -2.45. The van der Waals surface area contributed by atoms with Crippen molar-refractivity contribution in [3.63, 3.8) is 0 Å². The fourth-order valence-electron chi connectivity index (χ4n) is 3.79. The van der Waals surface area contributed by atoms with Gasteiger partial charge < -0.3 is 24.4 Å². The maximum Gasteiger partial charge on any atom is 0.229 e. The van der Waals surface area contributed by atoms with Crippen LogP contribution in [0.2, 0.25) is 0 Å². The van der Waals surface area contributed by atoms with Gasteiger partial charge in [-0.1, -0.05) is 12.1 Å². The summed E-state index contributed by atoms with van der Waals surface area (Å²) in [7, 11) is 5.03. The zero-order valence-electron chi connectivity index (χ0n) is 18.7. The second-order valence-electron chi connectivity index (χ2n) is 7.74. The van der Waals surface area contributed by atoms with Gasteiger partial charge in [0.1, 0.15) is 11.9 Å². The first-order valence-electron chi connectivity index (χ1n) is 10.4. The largest absolute Gasteiger partial charge is 0.504 e.